The van der Waals surface area contributed by atoms with Crippen LogP contribution in [0.15, 0.2) is 65.8 Å². The van der Waals surface area contributed by atoms with Crippen LogP contribution >= 0.6 is 0 Å². The standard InChI is InChI=1S/C35H49N/c1-7-28-16-21-32(27(3)25-28)33(34(35(4,5)6)31-17-12-26(2)13-18-31)30-19-14-29(15-20-30)11-10-24-36-22-8-9-23-36/h12,14-17,19-21,25,33-34H,7-11,13,18,22-24H2,1-6H3. The Morgan fingerprint density at radius 3 is 2.14 bits per heavy atom. The summed E-state index contributed by atoms with van der Waals surface area (Å²) in [4.78, 5) is 2.63. The lowest BCUT2D eigenvalue weighted by Crippen LogP contribution is -2.30. The van der Waals surface area contributed by atoms with Crippen molar-refractivity contribution >= 4 is 0 Å². The lowest BCUT2D eigenvalue weighted by atomic mass is 9.63. The third kappa shape index (κ3) is 6.60. The number of hydrogen-bond donors (Lipinski definition) is 0. The van der Waals surface area contributed by atoms with Gasteiger partial charge in [-0.05, 0) is 118 Å². The van der Waals surface area contributed by atoms with Crippen LogP contribution < -0.4 is 0 Å². The van der Waals surface area contributed by atoms with Crippen LogP contribution in [-0.2, 0) is 12.8 Å². The average Bonchev–Trinajstić information content (AvgIpc) is 3.37. The van der Waals surface area contributed by atoms with Gasteiger partial charge in [-0.1, -0.05) is 93.5 Å². The molecule has 1 heteroatoms. The van der Waals surface area contributed by atoms with Gasteiger partial charge in [0.15, 0.2) is 0 Å². The molecule has 2 aliphatic rings. The van der Waals surface area contributed by atoms with Gasteiger partial charge in [0.1, 0.15) is 0 Å². The van der Waals surface area contributed by atoms with Gasteiger partial charge >= 0.3 is 0 Å². The first-order valence-electron chi connectivity index (χ1n) is 14.5. The SMILES string of the molecule is CCc1ccc(C(c2ccc(CCCN3CCCC3)cc2)C(C2=CC=C(C)CC2)C(C)(C)C)c(C)c1. The van der Waals surface area contributed by atoms with E-state index in [1.54, 1.807) is 5.57 Å². The summed E-state index contributed by atoms with van der Waals surface area (Å²) in [7, 11) is 0. The van der Waals surface area contributed by atoms with Crippen molar-refractivity contribution < 1.29 is 0 Å². The maximum absolute atomic E-state index is 2.63. The summed E-state index contributed by atoms with van der Waals surface area (Å²) in [6, 6.07) is 17.0. The van der Waals surface area contributed by atoms with Crippen LogP contribution in [0.2, 0.25) is 0 Å². The summed E-state index contributed by atoms with van der Waals surface area (Å²) in [5.41, 5.74) is 10.6. The van der Waals surface area contributed by atoms with Gasteiger partial charge in [0.25, 0.3) is 0 Å². The minimum absolute atomic E-state index is 0.167. The van der Waals surface area contributed by atoms with Gasteiger partial charge in [-0.25, -0.2) is 0 Å². The lowest BCUT2D eigenvalue weighted by Gasteiger charge is -2.41. The molecule has 2 aromatic rings. The molecule has 0 spiro atoms. The second-order valence-corrected chi connectivity index (χ2v) is 12.5. The van der Waals surface area contributed by atoms with Crippen LogP contribution in [0.3, 0.4) is 0 Å². The number of benzene rings is 2. The van der Waals surface area contributed by atoms with Gasteiger partial charge in [-0.15, -0.1) is 0 Å². The zero-order valence-corrected chi connectivity index (χ0v) is 23.9. The van der Waals surface area contributed by atoms with E-state index in [4.69, 9.17) is 0 Å². The summed E-state index contributed by atoms with van der Waals surface area (Å²) in [6.07, 6.45) is 13.5. The topological polar surface area (TPSA) is 3.24 Å². The van der Waals surface area contributed by atoms with E-state index in [9.17, 15) is 0 Å². The van der Waals surface area contributed by atoms with Crippen LogP contribution in [0.5, 0.6) is 0 Å². The predicted octanol–water partition coefficient (Wildman–Crippen LogP) is 9.05. The number of rotatable bonds is 9. The van der Waals surface area contributed by atoms with Crippen molar-refractivity contribution in [3.8, 4) is 0 Å². The number of likely N-dealkylation sites (tertiary alicyclic amines) is 1. The third-order valence-corrected chi connectivity index (χ3v) is 8.61. The highest BCUT2D eigenvalue weighted by atomic mass is 15.1. The van der Waals surface area contributed by atoms with Crippen molar-refractivity contribution in [2.24, 2.45) is 11.3 Å². The van der Waals surface area contributed by atoms with E-state index in [1.807, 2.05) is 0 Å². The van der Waals surface area contributed by atoms with Crippen molar-refractivity contribution in [2.45, 2.75) is 92.4 Å². The minimum Gasteiger partial charge on any atom is -0.303 e. The number of allylic oxidation sites excluding steroid dienone is 4. The summed E-state index contributed by atoms with van der Waals surface area (Å²) >= 11 is 0. The van der Waals surface area contributed by atoms with Gasteiger partial charge in [0.05, 0.1) is 0 Å². The van der Waals surface area contributed by atoms with Crippen LogP contribution in [0, 0.1) is 18.3 Å². The van der Waals surface area contributed by atoms with Crippen molar-refractivity contribution in [1.29, 1.82) is 0 Å². The molecule has 1 aliphatic carbocycles. The molecule has 0 amide bonds. The van der Waals surface area contributed by atoms with E-state index in [0.29, 0.717) is 11.8 Å². The average molecular weight is 484 g/mol. The number of hydrogen-bond acceptors (Lipinski definition) is 1. The molecule has 1 nitrogen and oxygen atoms in total. The molecule has 1 saturated heterocycles. The smallest absolute Gasteiger partial charge is 0.0163 e. The van der Waals surface area contributed by atoms with Crippen LogP contribution in [0.1, 0.15) is 100 Å². The first kappa shape index (κ1) is 26.9. The molecule has 2 aromatic carbocycles. The summed E-state index contributed by atoms with van der Waals surface area (Å²) < 4.78 is 0. The molecule has 36 heavy (non-hydrogen) atoms. The Morgan fingerprint density at radius 2 is 1.56 bits per heavy atom. The largest absolute Gasteiger partial charge is 0.303 e. The fourth-order valence-corrected chi connectivity index (χ4v) is 6.55. The summed E-state index contributed by atoms with van der Waals surface area (Å²) in [5.74, 6) is 0.835. The highest BCUT2D eigenvalue weighted by molar-refractivity contribution is 5.44. The van der Waals surface area contributed by atoms with E-state index in [1.165, 1.54) is 91.5 Å². The van der Waals surface area contributed by atoms with Gasteiger partial charge < -0.3 is 4.90 Å². The van der Waals surface area contributed by atoms with Crippen LogP contribution in [-0.4, -0.2) is 24.5 Å². The fraction of sp³-hybridized carbons (Fsp3) is 0.543. The molecule has 0 bridgehead atoms. The molecule has 4 rings (SSSR count). The molecular formula is C35H49N. The van der Waals surface area contributed by atoms with Crippen LogP contribution in [0.25, 0.3) is 0 Å². The molecule has 2 atom stereocenters. The molecule has 0 aromatic heterocycles. The summed E-state index contributed by atoms with van der Waals surface area (Å²) in [6.45, 7) is 18.0. The normalized spacial score (nSPS) is 18.6. The Labute approximate surface area is 221 Å². The Bertz CT molecular complexity index is 1060. The molecule has 2 unspecified atom stereocenters. The van der Waals surface area contributed by atoms with Gasteiger partial charge in [-0.3, -0.25) is 0 Å². The molecule has 1 aliphatic heterocycles. The Morgan fingerprint density at radius 1 is 0.861 bits per heavy atom. The first-order chi connectivity index (χ1) is 17.3. The molecule has 1 fully saturated rings. The zero-order valence-electron chi connectivity index (χ0n) is 23.9. The molecule has 0 N–H and O–H groups in total. The zero-order chi connectivity index (χ0) is 25.7. The predicted molar refractivity (Wildman–Crippen MR) is 157 cm³/mol. The number of aryl methyl sites for hydroxylation is 3. The van der Waals surface area contributed by atoms with Crippen molar-refractivity contribution in [1.82, 2.24) is 4.90 Å². The Hall–Kier alpha value is -2.12. The van der Waals surface area contributed by atoms with Gasteiger partial charge in [0.2, 0.25) is 0 Å². The maximum atomic E-state index is 2.63. The van der Waals surface area contributed by atoms with Crippen molar-refractivity contribution in [3.05, 3.63) is 93.6 Å². The highest BCUT2D eigenvalue weighted by Gasteiger charge is 2.37. The molecule has 0 radical (unpaired) electrons. The van der Waals surface area contributed by atoms with E-state index < -0.39 is 0 Å². The first-order valence-corrected chi connectivity index (χ1v) is 14.5. The number of nitrogens with zero attached hydrogens (tertiary/aromatic N) is 1. The monoisotopic (exact) mass is 483 g/mol. The molecular weight excluding hydrogens is 434 g/mol. The van der Waals surface area contributed by atoms with E-state index in [-0.39, 0.29) is 5.41 Å². The molecule has 1 heterocycles. The molecule has 0 saturated carbocycles. The third-order valence-electron chi connectivity index (χ3n) is 8.61. The van der Waals surface area contributed by atoms with Gasteiger partial charge in [0, 0.05) is 5.92 Å². The minimum atomic E-state index is 0.167. The van der Waals surface area contributed by atoms with Crippen LogP contribution in [0.4, 0.5) is 0 Å². The quantitative estimate of drug-likeness (QED) is 0.344. The van der Waals surface area contributed by atoms with E-state index in [2.05, 4.69) is 101 Å². The van der Waals surface area contributed by atoms with Crippen molar-refractivity contribution in [2.75, 3.05) is 19.6 Å². The fourth-order valence-electron chi connectivity index (χ4n) is 6.55. The van der Waals surface area contributed by atoms with E-state index >= 15 is 0 Å². The Balaban J connectivity index is 1.67. The summed E-state index contributed by atoms with van der Waals surface area (Å²) in [5, 5.41) is 0. The second kappa shape index (κ2) is 12.0. The molecule has 194 valence electrons. The lowest BCUT2D eigenvalue weighted by molar-refractivity contribution is 0.248. The maximum Gasteiger partial charge on any atom is 0.0163 e. The second-order valence-electron chi connectivity index (χ2n) is 12.5. The van der Waals surface area contributed by atoms with E-state index in [0.717, 1.165) is 6.42 Å². The highest BCUT2D eigenvalue weighted by Crippen LogP contribution is 2.49. The van der Waals surface area contributed by atoms with Crippen molar-refractivity contribution in [3.63, 3.8) is 0 Å². The Kier molecular flexibility index (Phi) is 8.94. The van der Waals surface area contributed by atoms with Gasteiger partial charge in [-0.2, -0.15) is 0 Å².